The van der Waals surface area contributed by atoms with E-state index in [1.165, 1.54) is 24.1 Å². The molecule has 3 rings (SSSR count). The fraction of sp³-hybridized carbons (Fsp3) is 0.733. The summed E-state index contributed by atoms with van der Waals surface area (Å²) in [5.74, 6) is 0.244. The highest BCUT2D eigenvalue weighted by Gasteiger charge is 2.38. The number of hydrogen-bond donors (Lipinski definition) is 0. The Morgan fingerprint density at radius 1 is 1.35 bits per heavy atom. The number of hydrogen-bond acceptors (Lipinski definition) is 4. The Kier molecular flexibility index (Phi) is 4.08. The highest BCUT2D eigenvalue weighted by atomic mass is 32.1. The van der Waals surface area contributed by atoms with Crippen LogP contribution in [0.25, 0.3) is 0 Å². The van der Waals surface area contributed by atoms with E-state index in [1.807, 2.05) is 6.20 Å². The maximum Gasteiger partial charge on any atom is 0.219 e. The zero-order valence-electron chi connectivity index (χ0n) is 12.3. The summed E-state index contributed by atoms with van der Waals surface area (Å²) in [7, 11) is 0. The first-order valence-corrected chi connectivity index (χ1v) is 8.39. The van der Waals surface area contributed by atoms with E-state index >= 15 is 0 Å². The van der Waals surface area contributed by atoms with E-state index in [1.54, 1.807) is 18.3 Å². The molecule has 2 fully saturated rings. The number of aromatic nitrogens is 1. The van der Waals surface area contributed by atoms with Crippen molar-refractivity contribution in [2.75, 3.05) is 13.1 Å². The van der Waals surface area contributed by atoms with Crippen LogP contribution < -0.4 is 0 Å². The number of aryl methyl sites for hydroxylation is 1. The predicted molar refractivity (Wildman–Crippen MR) is 80.7 cm³/mol. The molecule has 1 amide bonds. The van der Waals surface area contributed by atoms with E-state index in [-0.39, 0.29) is 5.91 Å². The van der Waals surface area contributed by atoms with Crippen molar-refractivity contribution in [3.05, 3.63) is 16.1 Å². The molecule has 0 spiro atoms. The molecule has 2 unspecified atom stereocenters. The van der Waals surface area contributed by atoms with Crippen molar-refractivity contribution in [1.29, 1.82) is 0 Å². The van der Waals surface area contributed by atoms with Gasteiger partial charge in [0.25, 0.3) is 0 Å². The van der Waals surface area contributed by atoms with E-state index in [4.69, 9.17) is 0 Å². The second kappa shape index (κ2) is 5.82. The van der Waals surface area contributed by atoms with Gasteiger partial charge in [0.05, 0.1) is 5.01 Å². The van der Waals surface area contributed by atoms with Gasteiger partial charge in [-0.25, -0.2) is 4.98 Å². The molecule has 0 bridgehead atoms. The number of likely N-dealkylation sites (tertiary alicyclic amines) is 2. The summed E-state index contributed by atoms with van der Waals surface area (Å²) in [6.45, 7) is 6.88. The third-order valence-corrected chi connectivity index (χ3v) is 5.49. The summed E-state index contributed by atoms with van der Waals surface area (Å²) in [5.41, 5.74) is 0. The van der Waals surface area contributed by atoms with Crippen LogP contribution in [0.15, 0.2) is 6.20 Å². The third kappa shape index (κ3) is 2.74. The Labute approximate surface area is 124 Å². The molecule has 2 saturated heterocycles. The van der Waals surface area contributed by atoms with Crippen molar-refractivity contribution in [2.24, 2.45) is 0 Å². The van der Waals surface area contributed by atoms with Gasteiger partial charge in [-0.15, -0.1) is 11.3 Å². The molecular formula is C15H23N3OS. The van der Waals surface area contributed by atoms with Crippen molar-refractivity contribution < 1.29 is 4.79 Å². The largest absolute Gasteiger partial charge is 0.338 e. The lowest BCUT2D eigenvalue weighted by molar-refractivity contribution is -0.130. The molecule has 4 nitrogen and oxygen atoms in total. The number of rotatable bonds is 3. The summed E-state index contributed by atoms with van der Waals surface area (Å²) in [6.07, 6.45) is 6.82. The molecule has 1 aromatic rings. The minimum Gasteiger partial charge on any atom is -0.338 e. The topological polar surface area (TPSA) is 36.4 Å². The van der Waals surface area contributed by atoms with Crippen LogP contribution in [-0.2, 0) is 11.3 Å². The zero-order valence-corrected chi connectivity index (χ0v) is 13.2. The molecule has 20 heavy (non-hydrogen) atoms. The van der Waals surface area contributed by atoms with Crippen LogP contribution in [0.5, 0.6) is 0 Å². The lowest BCUT2D eigenvalue weighted by Crippen LogP contribution is -2.47. The van der Waals surface area contributed by atoms with Crippen LogP contribution in [0, 0.1) is 6.92 Å². The highest BCUT2D eigenvalue weighted by Crippen LogP contribution is 2.31. The smallest absolute Gasteiger partial charge is 0.219 e. The molecule has 1 aromatic heterocycles. The van der Waals surface area contributed by atoms with Crippen molar-refractivity contribution >= 4 is 17.2 Å². The first-order valence-electron chi connectivity index (χ1n) is 7.57. The summed E-state index contributed by atoms with van der Waals surface area (Å²) >= 11 is 1.79. The van der Waals surface area contributed by atoms with Gasteiger partial charge in [-0.05, 0) is 39.2 Å². The summed E-state index contributed by atoms with van der Waals surface area (Å²) in [4.78, 5) is 22.1. The second-order valence-electron chi connectivity index (χ2n) is 5.95. The standard InChI is InChI=1S/C15H23N3OS/c1-11-16-9-13(20-11)10-17-7-3-5-14(17)15-6-4-8-18(15)12(2)19/h9,14-15H,3-8,10H2,1-2H3. The zero-order chi connectivity index (χ0) is 14.1. The number of thiazole rings is 1. The van der Waals surface area contributed by atoms with Gasteiger partial charge in [-0.1, -0.05) is 0 Å². The average molecular weight is 293 g/mol. The van der Waals surface area contributed by atoms with E-state index in [0.29, 0.717) is 12.1 Å². The predicted octanol–water partition coefficient (Wildman–Crippen LogP) is 2.43. The normalized spacial score (nSPS) is 27.4. The highest BCUT2D eigenvalue weighted by molar-refractivity contribution is 7.11. The molecule has 2 atom stereocenters. The molecule has 3 heterocycles. The van der Waals surface area contributed by atoms with E-state index < -0.39 is 0 Å². The van der Waals surface area contributed by atoms with Crippen molar-refractivity contribution in [2.45, 2.75) is 58.2 Å². The first kappa shape index (κ1) is 14.0. The monoisotopic (exact) mass is 293 g/mol. The maximum absolute atomic E-state index is 11.8. The van der Waals surface area contributed by atoms with Gasteiger partial charge >= 0.3 is 0 Å². The molecular weight excluding hydrogens is 270 g/mol. The van der Waals surface area contributed by atoms with Crippen LogP contribution in [0.3, 0.4) is 0 Å². The van der Waals surface area contributed by atoms with Crippen LogP contribution in [0.1, 0.15) is 42.5 Å². The maximum atomic E-state index is 11.8. The van der Waals surface area contributed by atoms with Crippen molar-refractivity contribution in [3.63, 3.8) is 0 Å². The molecule has 0 N–H and O–H groups in total. The van der Waals surface area contributed by atoms with Gasteiger partial charge in [0.2, 0.25) is 5.91 Å². The Bertz CT molecular complexity index is 487. The van der Waals surface area contributed by atoms with Gasteiger partial charge in [-0.3, -0.25) is 9.69 Å². The second-order valence-corrected chi connectivity index (χ2v) is 7.27. The molecule has 0 saturated carbocycles. The van der Waals surface area contributed by atoms with Gasteiger partial charge in [0.15, 0.2) is 0 Å². The van der Waals surface area contributed by atoms with Gasteiger partial charge < -0.3 is 4.90 Å². The average Bonchev–Trinajstić information content (AvgIpc) is 3.09. The number of carbonyl (C=O) groups excluding carboxylic acids is 1. The molecule has 5 heteroatoms. The third-order valence-electron chi connectivity index (χ3n) is 4.59. The molecule has 2 aliphatic rings. The minimum absolute atomic E-state index is 0.244. The molecule has 2 aliphatic heterocycles. The molecule has 0 aromatic carbocycles. The minimum atomic E-state index is 0.244. The van der Waals surface area contributed by atoms with Crippen LogP contribution in [-0.4, -0.2) is 45.9 Å². The Morgan fingerprint density at radius 2 is 2.10 bits per heavy atom. The van der Waals surface area contributed by atoms with Crippen LogP contribution >= 0.6 is 11.3 Å². The molecule has 0 aliphatic carbocycles. The summed E-state index contributed by atoms with van der Waals surface area (Å²) in [5, 5.41) is 1.14. The molecule has 0 radical (unpaired) electrons. The van der Waals surface area contributed by atoms with E-state index in [2.05, 4.69) is 21.7 Å². The number of carbonyl (C=O) groups is 1. The Balaban J connectivity index is 1.70. The van der Waals surface area contributed by atoms with E-state index in [0.717, 1.165) is 31.1 Å². The van der Waals surface area contributed by atoms with Crippen molar-refractivity contribution in [1.82, 2.24) is 14.8 Å². The summed E-state index contributed by atoms with van der Waals surface area (Å²) in [6, 6.07) is 0.979. The fourth-order valence-electron chi connectivity index (χ4n) is 3.75. The number of amides is 1. The van der Waals surface area contributed by atoms with Crippen LogP contribution in [0.4, 0.5) is 0 Å². The van der Waals surface area contributed by atoms with Gasteiger partial charge in [-0.2, -0.15) is 0 Å². The van der Waals surface area contributed by atoms with Gasteiger partial charge in [0.1, 0.15) is 0 Å². The fourth-order valence-corrected chi connectivity index (χ4v) is 4.57. The first-order chi connectivity index (χ1) is 9.65. The Hall–Kier alpha value is -0.940. The van der Waals surface area contributed by atoms with Crippen LogP contribution in [0.2, 0.25) is 0 Å². The quantitative estimate of drug-likeness (QED) is 0.859. The lowest BCUT2D eigenvalue weighted by atomic mass is 10.0. The Morgan fingerprint density at radius 3 is 2.80 bits per heavy atom. The van der Waals surface area contributed by atoms with Crippen molar-refractivity contribution in [3.8, 4) is 0 Å². The molecule has 110 valence electrons. The SMILES string of the molecule is CC(=O)N1CCCC1C1CCCN1Cc1cnc(C)s1. The van der Waals surface area contributed by atoms with E-state index in [9.17, 15) is 4.79 Å². The number of nitrogens with zero attached hydrogens (tertiary/aromatic N) is 3. The van der Waals surface area contributed by atoms with Gasteiger partial charge in [0, 0.05) is 43.2 Å². The summed E-state index contributed by atoms with van der Waals surface area (Å²) < 4.78 is 0. The lowest BCUT2D eigenvalue weighted by Gasteiger charge is -2.34.